The second kappa shape index (κ2) is 6.45. The number of nitrogens with one attached hydrogen (secondary N) is 1. The summed E-state index contributed by atoms with van der Waals surface area (Å²) in [5.74, 6) is -0.269. The molecule has 1 aliphatic heterocycles. The number of halogens is 1. The molecule has 1 aliphatic carbocycles. The zero-order chi connectivity index (χ0) is 18.4. The van der Waals surface area contributed by atoms with Crippen molar-refractivity contribution in [2.24, 2.45) is 5.41 Å². The molecule has 2 aliphatic rings. The second-order valence-corrected chi connectivity index (χ2v) is 10.1. The van der Waals surface area contributed by atoms with Crippen LogP contribution in [0.1, 0.15) is 50.8 Å². The molecule has 1 amide bonds. The first-order chi connectivity index (χ1) is 11.6. The lowest BCUT2D eigenvalue weighted by molar-refractivity contribution is 0.0764. The van der Waals surface area contributed by atoms with Gasteiger partial charge in [-0.05, 0) is 63.3 Å². The van der Waals surface area contributed by atoms with Crippen LogP contribution in [0.25, 0.3) is 0 Å². The predicted octanol–water partition coefficient (Wildman–Crippen LogP) is 3.23. The van der Waals surface area contributed by atoms with Gasteiger partial charge in [0, 0.05) is 29.9 Å². The van der Waals surface area contributed by atoms with Gasteiger partial charge in [-0.25, -0.2) is 9.18 Å². The van der Waals surface area contributed by atoms with Crippen LogP contribution in [-0.4, -0.2) is 38.5 Å². The van der Waals surface area contributed by atoms with Gasteiger partial charge in [0.2, 0.25) is 0 Å². The Bertz CT molecular complexity index is 669. The first kappa shape index (κ1) is 18.5. The Morgan fingerprint density at radius 1 is 1.40 bits per heavy atom. The molecular formula is C18H25FN2O3S. The number of amides is 1. The Morgan fingerprint density at radius 3 is 2.60 bits per heavy atom. The van der Waals surface area contributed by atoms with Crippen molar-refractivity contribution in [3.63, 3.8) is 0 Å². The minimum absolute atomic E-state index is 0.154. The first-order valence-electron chi connectivity index (χ1n) is 8.57. The third-order valence-electron chi connectivity index (χ3n) is 5.38. The molecule has 25 heavy (non-hydrogen) atoms. The molecule has 2 unspecified atom stereocenters. The summed E-state index contributed by atoms with van der Waals surface area (Å²) in [6.45, 7) is 6.64. The van der Waals surface area contributed by atoms with Crippen LogP contribution in [0.15, 0.2) is 18.2 Å². The number of hydrogen-bond acceptors (Lipinski definition) is 3. The van der Waals surface area contributed by atoms with E-state index in [2.05, 4.69) is 4.72 Å². The van der Waals surface area contributed by atoms with Crippen molar-refractivity contribution in [3.05, 3.63) is 35.1 Å². The monoisotopic (exact) mass is 368 g/mol. The number of carboxylic acid groups (broad SMARTS) is 1. The molecule has 0 radical (unpaired) electrons. The Kier molecular flexibility index (Phi) is 4.77. The number of hydrogen-bond donors (Lipinski definition) is 2. The lowest BCUT2D eigenvalue weighted by Crippen LogP contribution is -2.50. The van der Waals surface area contributed by atoms with Gasteiger partial charge < -0.3 is 14.6 Å². The number of rotatable bonds is 2. The van der Waals surface area contributed by atoms with Gasteiger partial charge in [0.15, 0.2) is 0 Å². The van der Waals surface area contributed by atoms with Crippen molar-refractivity contribution in [2.75, 3.05) is 13.1 Å². The third-order valence-corrected chi connectivity index (χ3v) is 6.94. The second-order valence-electron chi connectivity index (χ2n) is 8.08. The highest BCUT2D eigenvalue weighted by atomic mass is 32.2. The average molecular weight is 368 g/mol. The van der Waals surface area contributed by atoms with Crippen molar-refractivity contribution < 1.29 is 18.8 Å². The standard InChI is InChI=1S/C18H25FN2O3S/c1-17(2,3)25(24)20-15-14-5-4-13(19)10-12(14)11-18(15)6-8-21(9-7-18)16(22)23/h4-5,10,15,20H,6-9,11H2,1-3H3,(H,22,23). The zero-order valence-corrected chi connectivity index (χ0v) is 15.7. The molecule has 0 bridgehead atoms. The van der Waals surface area contributed by atoms with Gasteiger partial charge in [-0.15, -0.1) is 4.72 Å². The highest BCUT2D eigenvalue weighted by molar-refractivity contribution is 7.90. The Morgan fingerprint density at radius 2 is 2.04 bits per heavy atom. The quantitative estimate of drug-likeness (QED) is 0.786. The molecule has 2 atom stereocenters. The highest BCUT2D eigenvalue weighted by Crippen LogP contribution is 2.52. The summed E-state index contributed by atoms with van der Waals surface area (Å²) >= 11 is -1.26. The molecule has 1 spiro atoms. The summed E-state index contributed by atoms with van der Waals surface area (Å²) in [6, 6.07) is 4.63. The fourth-order valence-corrected chi connectivity index (χ4v) is 4.85. The van der Waals surface area contributed by atoms with Gasteiger partial charge >= 0.3 is 6.09 Å². The lowest BCUT2D eigenvalue weighted by Gasteiger charge is -2.43. The van der Waals surface area contributed by atoms with Crippen LogP contribution in [0.3, 0.4) is 0 Å². The van der Waals surface area contributed by atoms with Gasteiger partial charge in [-0.3, -0.25) is 0 Å². The molecule has 7 heteroatoms. The summed E-state index contributed by atoms with van der Waals surface area (Å²) in [5.41, 5.74) is 1.71. The van der Waals surface area contributed by atoms with Crippen LogP contribution in [0.4, 0.5) is 9.18 Å². The number of carbonyl (C=O) groups is 1. The molecule has 0 aromatic heterocycles. The molecular weight excluding hydrogens is 343 g/mol. The summed E-state index contributed by atoms with van der Waals surface area (Å²) in [7, 11) is 0. The normalized spacial score (nSPS) is 23.6. The topological polar surface area (TPSA) is 75.6 Å². The number of benzene rings is 1. The summed E-state index contributed by atoms with van der Waals surface area (Å²) in [4.78, 5) is 12.6. The smallest absolute Gasteiger partial charge is 0.407 e. The largest absolute Gasteiger partial charge is 0.598 e. The lowest BCUT2D eigenvalue weighted by atomic mass is 9.73. The average Bonchev–Trinajstić information content (AvgIpc) is 2.79. The van der Waals surface area contributed by atoms with Crippen molar-refractivity contribution in [1.29, 1.82) is 0 Å². The molecule has 1 saturated heterocycles. The highest BCUT2D eigenvalue weighted by Gasteiger charge is 2.50. The Hall–Kier alpha value is -1.31. The number of nitrogens with zero attached hydrogens (tertiary/aromatic N) is 1. The molecule has 5 nitrogen and oxygen atoms in total. The van der Waals surface area contributed by atoms with Crippen LogP contribution in [-0.2, 0) is 17.8 Å². The fourth-order valence-electron chi connectivity index (χ4n) is 3.90. The molecule has 0 saturated carbocycles. The van der Waals surface area contributed by atoms with Crippen LogP contribution >= 0.6 is 0 Å². The van der Waals surface area contributed by atoms with E-state index in [9.17, 15) is 18.8 Å². The molecule has 2 N–H and O–H groups in total. The Balaban J connectivity index is 1.90. The van der Waals surface area contributed by atoms with Crippen molar-refractivity contribution in [2.45, 2.75) is 50.8 Å². The zero-order valence-electron chi connectivity index (χ0n) is 14.8. The molecule has 1 fully saturated rings. The molecule has 1 aromatic carbocycles. The molecule has 1 aromatic rings. The van der Waals surface area contributed by atoms with Gasteiger partial charge in [0.1, 0.15) is 10.6 Å². The van der Waals surface area contributed by atoms with E-state index in [4.69, 9.17) is 0 Å². The number of likely N-dealkylation sites (tertiary alicyclic amines) is 1. The summed E-state index contributed by atoms with van der Waals surface area (Å²) in [5, 5.41) is 9.21. The SMILES string of the molecule is CC(C)(C)[S+]([O-])NC1c2ccc(F)cc2CC12CCN(C(=O)O)CC2. The van der Waals surface area contributed by atoms with Crippen LogP contribution in [0, 0.1) is 11.2 Å². The first-order valence-corrected chi connectivity index (χ1v) is 9.72. The van der Waals surface area contributed by atoms with Crippen molar-refractivity contribution in [1.82, 2.24) is 9.62 Å². The summed E-state index contributed by atoms with van der Waals surface area (Å²) in [6.07, 6.45) is 1.13. The van der Waals surface area contributed by atoms with Gasteiger partial charge in [0.25, 0.3) is 0 Å². The maximum Gasteiger partial charge on any atom is 0.407 e. The molecule has 1 heterocycles. The number of piperidine rings is 1. The van der Waals surface area contributed by atoms with Gasteiger partial charge in [0.05, 0.1) is 6.04 Å². The van der Waals surface area contributed by atoms with E-state index < -0.39 is 22.2 Å². The maximum atomic E-state index is 13.7. The van der Waals surface area contributed by atoms with E-state index in [1.165, 1.54) is 11.0 Å². The maximum absolute atomic E-state index is 13.7. The third kappa shape index (κ3) is 3.50. The van der Waals surface area contributed by atoms with Gasteiger partial charge in [-0.2, -0.15) is 0 Å². The van der Waals surface area contributed by atoms with Crippen molar-refractivity contribution >= 4 is 17.5 Å². The van der Waals surface area contributed by atoms with Crippen molar-refractivity contribution in [3.8, 4) is 0 Å². The van der Waals surface area contributed by atoms with Crippen LogP contribution < -0.4 is 4.72 Å². The van der Waals surface area contributed by atoms with E-state index in [-0.39, 0.29) is 17.3 Å². The van der Waals surface area contributed by atoms with E-state index >= 15 is 0 Å². The minimum Gasteiger partial charge on any atom is -0.598 e. The van der Waals surface area contributed by atoms with E-state index in [1.54, 1.807) is 12.1 Å². The van der Waals surface area contributed by atoms with E-state index in [0.717, 1.165) is 11.1 Å². The number of fused-ring (bicyclic) bond motifs is 1. The van der Waals surface area contributed by atoms with E-state index in [0.29, 0.717) is 32.4 Å². The predicted molar refractivity (Wildman–Crippen MR) is 95.1 cm³/mol. The Labute approximate surface area is 150 Å². The minimum atomic E-state index is -1.26. The summed E-state index contributed by atoms with van der Waals surface area (Å²) < 4.78 is 29.3. The van der Waals surface area contributed by atoms with Gasteiger partial charge in [-0.1, -0.05) is 6.07 Å². The molecule has 3 rings (SSSR count). The van der Waals surface area contributed by atoms with Crippen LogP contribution in [0.2, 0.25) is 0 Å². The van der Waals surface area contributed by atoms with E-state index in [1.807, 2.05) is 20.8 Å². The fraction of sp³-hybridized carbons (Fsp3) is 0.611. The van der Waals surface area contributed by atoms with Crippen LogP contribution in [0.5, 0.6) is 0 Å². The molecule has 138 valence electrons.